The highest BCUT2D eigenvalue weighted by Crippen LogP contribution is 2.15. The molecule has 17 heavy (non-hydrogen) atoms. The molecule has 1 N–H and O–H groups in total. The van der Waals surface area contributed by atoms with Crippen molar-refractivity contribution in [2.75, 3.05) is 12.5 Å². The van der Waals surface area contributed by atoms with Crippen LogP contribution in [0.25, 0.3) is 0 Å². The minimum atomic E-state index is 0.751. The summed E-state index contributed by atoms with van der Waals surface area (Å²) in [5, 5.41) is 7.86. The fourth-order valence-electron chi connectivity index (χ4n) is 1.22. The molecule has 86 valence electrons. The largest absolute Gasteiger partial charge is 0.497 e. The molecule has 0 amide bonds. The zero-order valence-electron chi connectivity index (χ0n) is 9.37. The Morgan fingerprint density at radius 1 is 1.06 bits per heavy atom. The number of methoxy groups -OCH3 is 1. The third kappa shape index (κ3) is 3.27. The maximum Gasteiger partial charge on any atom is 0.119 e. The predicted molar refractivity (Wildman–Crippen MR) is 65.4 cm³/mol. The van der Waals surface area contributed by atoms with Gasteiger partial charge < -0.3 is 4.74 Å². The number of pyridine rings is 1. The van der Waals surface area contributed by atoms with E-state index in [1.807, 2.05) is 24.3 Å². The molecule has 2 rings (SSSR count). The van der Waals surface area contributed by atoms with E-state index >= 15 is 0 Å². The van der Waals surface area contributed by atoms with Crippen LogP contribution in [0.3, 0.4) is 0 Å². The van der Waals surface area contributed by atoms with Crippen LogP contribution in [0.1, 0.15) is 0 Å². The van der Waals surface area contributed by atoms with E-state index in [0.717, 1.165) is 17.1 Å². The van der Waals surface area contributed by atoms with Crippen LogP contribution < -0.4 is 10.2 Å². The van der Waals surface area contributed by atoms with E-state index in [0.29, 0.717) is 0 Å². The Morgan fingerprint density at radius 2 is 1.76 bits per heavy atom. The van der Waals surface area contributed by atoms with Gasteiger partial charge in [0.1, 0.15) is 5.75 Å². The molecule has 5 nitrogen and oxygen atoms in total. The third-order valence-corrected chi connectivity index (χ3v) is 2.10. The van der Waals surface area contributed by atoms with Gasteiger partial charge in [0.25, 0.3) is 0 Å². The van der Waals surface area contributed by atoms with Gasteiger partial charge in [-0.1, -0.05) is 5.22 Å². The monoisotopic (exact) mass is 228 g/mol. The first kappa shape index (κ1) is 11.1. The summed E-state index contributed by atoms with van der Waals surface area (Å²) < 4.78 is 5.05. The number of anilines is 1. The summed E-state index contributed by atoms with van der Waals surface area (Å²) in [6.45, 7) is 0. The molecule has 0 fully saturated rings. The lowest BCUT2D eigenvalue weighted by Crippen LogP contribution is -1.87. The second-order valence-electron chi connectivity index (χ2n) is 3.25. The number of hydrogen-bond donors (Lipinski definition) is 1. The zero-order chi connectivity index (χ0) is 11.9. The Bertz CT molecular complexity index is 482. The van der Waals surface area contributed by atoms with E-state index in [-0.39, 0.29) is 0 Å². The molecule has 1 aromatic heterocycles. The van der Waals surface area contributed by atoms with Crippen LogP contribution in [0.5, 0.6) is 5.75 Å². The van der Waals surface area contributed by atoms with E-state index in [1.165, 1.54) is 0 Å². The minimum absolute atomic E-state index is 0.751. The summed E-state index contributed by atoms with van der Waals surface area (Å²) in [7, 11) is 1.63. The highest BCUT2D eigenvalue weighted by atomic mass is 16.5. The van der Waals surface area contributed by atoms with Crippen molar-refractivity contribution >= 4 is 11.4 Å². The average Bonchev–Trinajstić information content (AvgIpc) is 2.41. The Morgan fingerprint density at radius 3 is 2.41 bits per heavy atom. The number of nitrogens with zero attached hydrogens (tertiary/aromatic N) is 3. The molecule has 0 spiro atoms. The summed E-state index contributed by atoms with van der Waals surface area (Å²) >= 11 is 0. The molecule has 5 heteroatoms. The number of nitrogens with one attached hydrogen (secondary N) is 1. The summed E-state index contributed by atoms with van der Waals surface area (Å²) in [6, 6.07) is 11.0. The highest BCUT2D eigenvalue weighted by molar-refractivity contribution is 5.45. The lowest BCUT2D eigenvalue weighted by Gasteiger charge is -2.01. The molecular weight excluding hydrogens is 216 g/mol. The summed E-state index contributed by atoms with van der Waals surface area (Å²) in [6.07, 6.45) is 3.34. The van der Waals surface area contributed by atoms with Crippen LogP contribution in [-0.2, 0) is 0 Å². The normalized spacial score (nSPS) is 10.4. The SMILES string of the molecule is COc1ccc(NN=Nc2ccncc2)cc1. The molecule has 2 aromatic rings. The summed E-state index contributed by atoms with van der Waals surface area (Å²) in [5.41, 5.74) is 4.43. The van der Waals surface area contributed by atoms with Crippen LogP contribution in [-0.4, -0.2) is 12.1 Å². The fourth-order valence-corrected chi connectivity index (χ4v) is 1.22. The second kappa shape index (κ2) is 5.60. The van der Waals surface area contributed by atoms with Crippen LogP contribution in [0.4, 0.5) is 11.4 Å². The molecule has 1 aromatic carbocycles. The molecule has 0 atom stereocenters. The van der Waals surface area contributed by atoms with Gasteiger partial charge in [-0.2, -0.15) is 0 Å². The smallest absolute Gasteiger partial charge is 0.119 e. The Labute approximate surface area is 99.2 Å². The summed E-state index contributed by atoms with van der Waals surface area (Å²) in [5.74, 6) is 0.807. The van der Waals surface area contributed by atoms with Gasteiger partial charge in [0.05, 0.1) is 18.5 Å². The molecule has 0 aliphatic rings. The lowest BCUT2D eigenvalue weighted by molar-refractivity contribution is 0.415. The van der Waals surface area contributed by atoms with Crippen molar-refractivity contribution in [2.45, 2.75) is 0 Å². The first-order chi connectivity index (χ1) is 8.38. The van der Waals surface area contributed by atoms with Crippen molar-refractivity contribution in [1.82, 2.24) is 4.98 Å². The van der Waals surface area contributed by atoms with Gasteiger partial charge in [-0.25, -0.2) is 0 Å². The van der Waals surface area contributed by atoms with Crippen molar-refractivity contribution < 1.29 is 4.74 Å². The van der Waals surface area contributed by atoms with Crippen molar-refractivity contribution in [1.29, 1.82) is 0 Å². The van der Waals surface area contributed by atoms with Gasteiger partial charge in [0, 0.05) is 12.4 Å². The molecule has 0 unspecified atom stereocenters. The van der Waals surface area contributed by atoms with Crippen LogP contribution in [0.2, 0.25) is 0 Å². The van der Waals surface area contributed by atoms with Crippen molar-refractivity contribution in [3.05, 3.63) is 48.8 Å². The van der Waals surface area contributed by atoms with Gasteiger partial charge in [-0.3, -0.25) is 10.4 Å². The molecule has 0 bridgehead atoms. The van der Waals surface area contributed by atoms with Gasteiger partial charge in [0.15, 0.2) is 0 Å². The summed E-state index contributed by atoms with van der Waals surface area (Å²) in [4.78, 5) is 3.89. The maximum atomic E-state index is 5.05. The topological polar surface area (TPSA) is 58.9 Å². The van der Waals surface area contributed by atoms with Gasteiger partial charge in [-0.05, 0) is 36.4 Å². The van der Waals surface area contributed by atoms with Crippen LogP contribution in [0, 0.1) is 0 Å². The Balaban J connectivity index is 1.95. The first-order valence-corrected chi connectivity index (χ1v) is 5.09. The number of rotatable bonds is 4. The quantitative estimate of drug-likeness (QED) is 0.645. The molecular formula is C12H12N4O. The van der Waals surface area contributed by atoms with E-state index in [2.05, 4.69) is 20.7 Å². The number of aromatic nitrogens is 1. The minimum Gasteiger partial charge on any atom is -0.497 e. The maximum absolute atomic E-state index is 5.05. The number of ether oxygens (including phenoxy) is 1. The molecule has 1 heterocycles. The molecule has 0 aliphatic carbocycles. The van der Waals surface area contributed by atoms with Gasteiger partial charge >= 0.3 is 0 Å². The van der Waals surface area contributed by atoms with Crippen molar-refractivity contribution in [3.63, 3.8) is 0 Å². The fraction of sp³-hybridized carbons (Fsp3) is 0.0833. The van der Waals surface area contributed by atoms with E-state index in [4.69, 9.17) is 4.74 Å². The second-order valence-corrected chi connectivity index (χ2v) is 3.25. The molecule has 0 saturated carbocycles. The molecule has 0 saturated heterocycles. The average molecular weight is 228 g/mol. The number of hydrogen-bond acceptors (Lipinski definition) is 4. The Hall–Kier alpha value is -2.43. The van der Waals surface area contributed by atoms with Crippen molar-refractivity contribution in [2.24, 2.45) is 10.3 Å². The molecule has 0 aliphatic heterocycles. The number of benzene rings is 1. The van der Waals surface area contributed by atoms with E-state index < -0.39 is 0 Å². The Kier molecular flexibility index (Phi) is 3.64. The van der Waals surface area contributed by atoms with Crippen molar-refractivity contribution in [3.8, 4) is 5.75 Å². The van der Waals surface area contributed by atoms with Gasteiger partial charge in [-0.15, -0.1) is 5.11 Å². The van der Waals surface area contributed by atoms with Gasteiger partial charge in [0.2, 0.25) is 0 Å². The van der Waals surface area contributed by atoms with Crippen LogP contribution in [0.15, 0.2) is 59.1 Å². The molecule has 0 radical (unpaired) electrons. The predicted octanol–water partition coefficient (Wildman–Crippen LogP) is 3.20. The van der Waals surface area contributed by atoms with E-state index in [9.17, 15) is 0 Å². The first-order valence-electron chi connectivity index (χ1n) is 5.09. The standard InChI is InChI=1S/C12H12N4O/c1-17-12-4-2-10(3-5-12)14-16-15-11-6-8-13-9-7-11/h2-9H,1H3,(H,13,14,15). The highest BCUT2D eigenvalue weighted by Gasteiger charge is 1.91. The van der Waals surface area contributed by atoms with E-state index in [1.54, 1.807) is 31.6 Å². The third-order valence-electron chi connectivity index (χ3n) is 2.10. The van der Waals surface area contributed by atoms with Crippen LogP contribution >= 0.6 is 0 Å². The zero-order valence-corrected chi connectivity index (χ0v) is 9.37. The lowest BCUT2D eigenvalue weighted by atomic mass is 10.3.